The second kappa shape index (κ2) is 7.17. The summed E-state index contributed by atoms with van der Waals surface area (Å²) in [6, 6.07) is 9.70. The average Bonchev–Trinajstić information content (AvgIpc) is 3.06. The highest BCUT2D eigenvalue weighted by atomic mass is 35.5. The first-order valence-electron chi connectivity index (χ1n) is 8.75. The van der Waals surface area contributed by atoms with Gasteiger partial charge in [0.25, 0.3) is 5.56 Å². The van der Waals surface area contributed by atoms with Crippen LogP contribution in [0.2, 0.25) is 5.02 Å². The van der Waals surface area contributed by atoms with E-state index in [2.05, 4.69) is 4.98 Å². The summed E-state index contributed by atoms with van der Waals surface area (Å²) in [7, 11) is 1.80. The number of hydrogen-bond acceptors (Lipinski definition) is 3. The maximum Gasteiger partial charge on any atom is 0.417 e. The van der Waals surface area contributed by atoms with Gasteiger partial charge in [-0.1, -0.05) is 23.7 Å². The summed E-state index contributed by atoms with van der Waals surface area (Å²) in [6.07, 6.45) is -1.69. The van der Waals surface area contributed by atoms with E-state index in [4.69, 9.17) is 11.6 Å². The quantitative estimate of drug-likeness (QED) is 0.495. The Bertz CT molecular complexity index is 1390. The molecule has 0 unspecified atom stereocenters. The second-order valence-corrected chi connectivity index (χ2v) is 7.08. The average molecular weight is 435 g/mol. The minimum absolute atomic E-state index is 0.0190. The van der Waals surface area contributed by atoms with Crippen molar-refractivity contribution in [2.75, 3.05) is 0 Å². The van der Waals surface area contributed by atoms with E-state index in [1.165, 1.54) is 29.0 Å². The summed E-state index contributed by atoms with van der Waals surface area (Å²) < 4.78 is 43.2. The van der Waals surface area contributed by atoms with Crippen LogP contribution in [0, 0.1) is 0 Å². The van der Waals surface area contributed by atoms with E-state index in [-0.39, 0.29) is 5.56 Å². The summed E-state index contributed by atoms with van der Waals surface area (Å²) in [4.78, 5) is 29.5. The van der Waals surface area contributed by atoms with Crippen LogP contribution in [0.25, 0.3) is 16.7 Å². The van der Waals surface area contributed by atoms with Gasteiger partial charge in [0.1, 0.15) is 0 Å². The molecule has 2 aromatic carbocycles. The fraction of sp³-hybridized carbons (Fsp3) is 0.150. The molecule has 10 heteroatoms. The summed E-state index contributed by atoms with van der Waals surface area (Å²) in [5.74, 6) is 0. The van der Waals surface area contributed by atoms with Crippen molar-refractivity contribution in [3.05, 3.63) is 92.0 Å². The summed E-state index contributed by atoms with van der Waals surface area (Å²) in [5.41, 5.74) is -0.349. The number of halogens is 4. The van der Waals surface area contributed by atoms with E-state index in [1.807, 2.05) is 0 Å². The first kappa shape index (κ1) is 20.0. The largest absolute Gasteiger partial charge is 0.417 e. The molecule has 0 fully saturated rings. The second-order valence-electron chi connectivity index (χ2n) is 6.70. The van der Waals surface area contributed by atoms with Gasteiger partial charge >= 0.3 is 11.9 Å². The molecule has 6 nitrogen and oxygen atoms in total. The minimum atomic E-state index is -4.65. The lowest BCUT2D eigenvalue weighted by atomic mass is 10.1. The lowest BCUT2D eigenvalue weighted by Crippen LogP contribution is -2.38. The number of aromatic nitrogens is 4. The number of aryl methyl sites for hydroxylation is 1. The van der Waals surface area contributed by atoms with E-state index >= 15 is 0 Å². The molecule has 0 atom stereocenters. The molecule has 30 heavy (non-hydrogen) atoms. The molecule has 4 rings (SSSR count). The lowest BCUT2D eigenvalue weighted by molar-refractivity contribution is -0.137. The van der Waals surface area contributed by atoms with Crippen LogP contribution in [0.4, 0.5) is 13.2 Å². The Morgan fingerprint density at radius 3 is 2.60 bits per heavy atom. The third kappa shape index (κ3) is 3.41. The minimum Gasteiger partial charge on any atom is -0.334 e. The van der Waals surface area contributed by atoms with Crippen LogP contribution in [0.5, 0.6) is 0 Å². The number of alkyl halides is 3. The molecule has 2 heterocycles. The van der Waals surface area contributed by atoms with E-state index in [9.17, 15) is 22.8 Å². The van der Waals surface area contributed by atoms with E-state index in [1.54, 1.807) is 36.1 Å². The first-order valence-corrected chi connectivity index (χ1v) is 9.13. The SMILES string of the molecule is Cn1cnc2ccc(-n3ccc(=O)n(Cc4cccc(C(F)(F)F)c4Cl)c3=O)cc21. The lowest BCUT2D eigenvalue weighted by Gasteiger charge is -2.14. The Morgan fingerprint density at radius 1 is 1.10 bits per heavy atom. The van der Waals surface area contributed by atoms with E-state index in [0.717, 1.165) is 21.7 Å². The van der Waals surface area contributed by atoms with Gasteiger partial charge in [0.2, 0.25) is 0 Å². The Hall–Kier alpha value is -3.33. The Labute approximate surface area is 172 Å². The molecule has 0 spiro atoms. The van der Waals surface area contributed by atoms with Crippen molar-refractivity contribution in [2.45, 2.75) is 12.7 Å². The molecule has 0 bridgehead atoms. The van der Waals surface area contributed by atoms with E-state index in [0.29, 0.717) is 5.69 Å². The van der Waals surface area contributed by atoms with Gasteiger partial charge in [-0.25, -0.2) is 9.78 Å². The highest BCUT2D eigenvalue weighted by Gasteiger charge is 2.33. The number of imidazole rings is 1. The summed E-state index contributed by atoms with van der Waals surface area (Å²) in [6.45, 7) is -0.394. The molecule has 2 aromatic heterocycles. The summed E-state index contributed by atoms with van der Waals surface area (Å²) in [5, 5.41) is -0.539. The molecule has 0 radical (unpaired) electrons. The third-order valence-electron chi connectivity index (χ3n) is 4.77. The first-order chi connectivity index (χ1) is 14.2. The molecule has 154 valence electrons. The van der Waals surface area contributed by atoms with Crippen molar-refractivity contribution in [3.8, 4) is 5.69 Å². The predicted molar refractivity (Wildman–Crippen MR) is 106 cm³/mol. The molecule has 0 aliphatic heterocycles. The van der Waals surface area contributed by atoms with Crippen LogP contribution in [-0.2, 0) is 19.8 Å². The number of rotatable bonds is 3. The van der Waals surface area contributed by atoms with Gasteiger partial charge < -0.3 is 4.57 Å². The van der Waals surface area contributed by atoms with Gasteiger partial charge in [-0.05, 0) is 29.8 Å². The molecule has 0 amide bonds. The number of benzene rings is 2. The monoisotopic (exact) mass is 434 g/mol. The van der Waals surface area contributed by atoms with Crippen molar-refractivity contribution >= 4 is 22.6 Å². The fourth-order valence-corrected chi connectivity index (χ4v) is 3.51. The van der Waals surface area contributed by atoms with Crippen LogP contribution in [0.1, 0.15) is 11.1 Å². The number of fused-ring (bicyclic) bond motifs is 1. The number of hydrogen-bond donors (Lipinski definition) is 0. The maximum absolute atomic E-state index is 13.1. The van der Waals surface area contributed by atoms with Crippen molar-refractivity contribution in [1.29, 1.82) is 0 Å². The van der Waals surface area contributed by atoms with Gasteiger partial charge in [-0.3, -0.25) is 13.9 Å². The van der Waals surface area contributed by atoms with Gasteiger partial charge in [-0.15, -0.1) is 0 Å². The van der Waals surface area contributed by atoms with Crippen molar-refractivity contribution in [3.63, 3.8) is 0 Å². The van der Waals surface area contributed by atoms with Gasteiger partial charge in [0.15, 0.2) is 0 Å². The molecule has 0 saturated carbocycles. The molecule has 4 aromatic rings. The third-order valence-corrected chi connectivity index (χ3v) is 5.22. The summed E-state index contributed by atoms with van der Waals surface area (Å²) >= 11 is 5.92. The highest BCUT2D eigenvalue weighted by Crippen LogP contribution is 2.36. The van der Waals surface area contributed by atoms with Crippen LogP contribution in [0.3, 0.4) is 0 Å². The van der Waals surface area contributed by atoms with Crippen molar-refractivity contribution in [1.82, 2.24) is 18.7 Å². The number of nitrogens with zero attached hydrogens (tertiary/aromatic N) is 4. The molecule has 0 N–H and O–H groups in total. The molecule has 0 aliphatic carbocycles. The Kier molecular flexibility index (Phi) is 4.77. The standard InChI is InChI=1S/C20H14ClF3N4O2/c1-26-11-25-15-6-5-13(9-16(15)26)27-8-7-17(29)28(19(27)30)10-12-3-2-4-14(18(12)21)20(22,23)24/h2-9,11H,10H2,1H3. The topological polar surface area (TPSA) is 61.8 Å². The van der Waals surface area contributed by atoms with Crippen LogP contribution in [0.15, 0.2) is 64.6 Å². The van der Waals surface area contributed by atoms with E-state index < -0.39 is 34.6 Å². The molecular weight excluding hydrogens is 421 g/mol. The Balaban J connectivity index is 1.82. The van der Waals surface area contributed by atoms with Gasteiger partial charge in [0, 0.05) is 19.3 Å². The molecule has 0 aliphatic rings. The zero-order chi connectivity index (χ0) is 21.6. The van der Waals surface area contributed by atoms with Crippen LogP contribution < -0.4 is 11.2 Å². The zero-order valence-electron chi connectivity index (χ0n) is 15.5. The zero-order valence-corrected chi connectivity index (χ0v) is 16.3. The predicted octanol–water partition coefficient (Wildman–Crippen LogP) is 3.61. The molecular formula is C20H14ClF3N4O2. The van der Waals surface area contributed by atoms with Crippen LogP contribution in [-0.4, -0.2) is 18.7 Å². The molecule has 0 saturated heterocycles. The highest BCUT2D eigenvalue weighted by molar-refractivity contribution is 6.32. The van der Waals surface area contributed by atoms with Gasteiger partial charge in [0.05, 0.1) is 40.2 Å². The fourth-order valence-electron chi connectivity index (χ4n) is 3.21. The maximum atomic E-state index is 13.1. The van der Waals surface area contributed by atoms with Crippen molar-refractivity contribution < 1.29 is 13.2 Å². The normalized spacial score (nSPS) is 11.9. The smallest absolute Gasteiger partial charge is 0.334 e. The van der Waals surface area contributed by atoms with Gasteiger partial charge in [-0.2, -0.15) is 13.2 Å². The Morgan fingerprint density at radius 2 is 1.87 bits per heavy atom. The van der Waals surface area contributed by atoms with Crippen LogP contribution >= 0.6 is 11.6 Å². The van der Waals surface area contributed by atoms with Crippen molar-refractivity contribution in [2.24, 2.45) is 7.05 Å².